The van der Waals surface area contributed by atoms with Gasteiger partial charge in [-0.05, 0) is 30.5 Å². The van der Waals surface area contributed by atoms with Crippen molar-refractivity contribution in [2.75, 3.05) is 20.2 Å². The Morgan fingerprint density at radius 3 is 2.57 bits per heavy atom. The summed E-state index contributed by atoms with van der Waals surface area (Å²) in [5.74, 6) is 1.47. The smallest absolute Gasteiger partial charge is 0.219 e. The summed E-state index contributed by atoms with van der Waals surface area (Å²) in [6.07, 6.45) is 2.77. The number of ether oxygens (including phenoxy) is 1. The SMILES string of the molecule is COc1ccc(Cc2nnc(C3CCN(C(C)=O)CC3)s2)cc1. The van der Waals surface area contributed by atoms with E-state index in [1.807, 2.05) is 17.0 Å². The summed E-state index contributed by atoms with van der Waals surface area (Å²) in [5, 5.41) is 10.9. The Morgan fingerprint density at radius 1 is 1.26 bits per heavy atom. The van der Waals surface area contributed by atoms with Gasteiger partial charge in [-0.3, -0.25) is 4.79 Å². The molecule has 2 aromatic rings. The fraction of sp³-hybridized carbons (Fsp3) is 0.471. The van der Waals surface area contributed by atoms with Gasteiger partial charge < -0.3 is 9.64 Å². The van der Waals surface area contributed by atoms with Crippen LogP contribution in [0.3, 0.4) is 0 Å². The lowest BCUT2D eigenvalue weighted by Gasteiger charge is -2.29. The molecule has 23 heavy (non-hydrogen) atoms. The summed E-state index contributed by atoms with van der Waals surface area (Å²) < 4.78 is 5.17. The predicted molar refractivity (Wildman–Crippen MR) is 89.9 cm³/mol. The molecule has 1 aromatic heterocycles. The second-order valence-corrected chi connectivity index (χ2v) is 6.93. The summed E-state index contributed by atoms with van der Waals surface area (Å²) in [6, 6.07) is 8.06. The van der Waals surface area contributed by atoms with E-state index in [0.717, 1.165) is 48.1 Å². The number of hydrogen-bond donors (Lipinski definition) is 0. The first kappa shape index (κ1) is 15.9. The number of nitrogens with zero attached hydrogens (tertiary/aromatic N) is 3. The van der Waals surface area contributed by atoms with Gasteiger partial charge in [0.2, 0.25) is 5.91 Å². The minimum absolute atomic E-state index is 0.168. The number of carbonyl (C=O) groups excluding carboxylic acids is 1. The Kier molecular flexibility index (Phi) is 4.91. The Bertz CT molecular complexity index is 661. The predicted octanol–water partition coefficient (Wildman–Crippen LogP) is 2.86. The minimum Gasteiger partial charge on any atom is -0.497 e. The van der Waals surface area contributed by atoms with E-state index in [1.165, 1.54) is 5.56 Å². The molecule has 1 aliphatic heterocycles. The number of likely N-dealkylation sites (tertiary alicyclic amines) is 1. The van der Waals surface area contributed by atoms with E-state index in [0.29, 0.717) is 5.92 Å². The van der Waals surface area contributed by atoms with Crippen molar-refractivity contribution in [1.29, 1.82) is 0 Å². The molecule has 0 saturated carbocycles. The molecule has 0 atom stereocenters. The Morgan fingerprint density at radius 2 is 1.96 bits per heavy atom. The highest BCUT2D eigenvalue weighted by atomic mass is 32.1. The molecule has 1 fully saturated rings. The maximum atomic E-state index is 11.4. The molecular formula is C17H21N3O2S. The van der Waals surface area contributed by atoms with Gasteiger partial charge in [-0.15, -0.1) is 21.5 Å². The third kappa shape index (κ3) is 3.88. The Balaban J connectivity index is 1.60. The van der Waals surface area contributed by atoms with E-state index in [2.05, 4.69) is 22.3 Å². The van der Waals surface area contributed by atoms with Crippen LogP contribution in [0.1, 0.15) is 41.3 Å². The van der Waals surface area contributed by atoms with Crippen LogP contribution in [0.2, 0.25) is 0 Å². The van der Waals surface area contributed by atoms with Crippen LogP contribution in [0.4, 0.5) is 0 Å². The average Bonchev–Trinajstić information content (AvgIpc) is 3.04. The van der Waals surface area contributed by atoms with E-state index in [1.54, 1.807) is 25.4 Å². The van der Waals surface area contributed by atoms with Crippen LogP contribution < -0.4 is 4.74 Å². The minimum atomic E-state index is 0.168. The number of aromatic nitrogens is 2. The molecular weight excluding hydrogens is 310 g/mol. The van der Waals surface area contributed by atoms with Gasteiger partial charge in [-0.25, -0.2) is 0 Å². The van der Waals surface area contributed by atoms with Gasteiger partial charge in [-0.1, -0.05) is 12.1 Å². The van der Waals surface area contributed by atoms with E-state index in [4.69, 9.17) is 4.74 Å². The van der Waals surface area contributed by atoms with Crippen molar-refractivity contribution in [1.82, 2.24) is 15.1 Å². The van der Waals surface area contributed by atoms with Crippen LogP contribution in [-0.4, -0.2) is 41.2 Å². The molecule has 0 bridgehead atoms. The highest BCUT2D eigenvalue weighted by molar-refractivity contribution is 7.11. The highest BCUT2D eigenvalue weighted by Crippen LogP contribution is 2.30. The molecule has 122 valence electrons. The van der Waals surface area contributed by atoms with Crippen molar-refractivity contribution >= 4 is 17.2 Å². The van der Waals surface area contributed by atoms with Crippen LogP contribution in [0, 0.1) is 0 Å². The van der Waals surface area contributed by atoms with Crippen molar-refractivity contribution in [2.45, 2.75) is 32.1 Å². The van der Waals surface area contributed by atoms with Gasteiger partial charge in [0.1, 0.15) is 15.8 Å². The Labute approximate surface area is 140 Å². The standard InChI is InChI=1S/C17H21N3O2S/c1-12(21)20-9-7-14(8-10-20)17-19-18-16(23-17)11-13-3-5-15(22-2)6-4-13/h3-6,14H,7-11H2,1-2H3. The number of piperidine rings is 1. The zero-order chi connectivity index (χ0) is 16.2. The number of methoxy groups -OCH3 is 1. The fourth-order valence-electron chi connectivity index (χ4n) is 2.86. The van der Waals surface area contributed by atoms with Crippen molar-refractivity contribution in [3.05, 3.63) is 39.8 Å². The van der Waals surface area contributed by atoms with Crippen LogP contribution in [0.5, 0.6) is 5.75 Å². The van der Waals surface area contributed by atoms with Crippen LogP contribution in [0.15, 0.2) is 24.3 Å². The summed E-state index contributed by atoms with van der Waals surface area (Å²) in [5.41, 5.74) is 1.21. The number of carbonyl (C=O) groups is 1. The van der Waals surface area contributed by atoms with Gasteiger partial charge in [0.25, 0.3) is 0 Å². The summed E-state index contributed by atoms with van der Waals surface area (Å²) in [4.78, 5) is 13.3. The van der Waals surface area contributed by atoms with E-state index < -0.39 is 0 Å². The van der Waals surface area contributed by atoms with Crippen molar-refractivity contribution in [2.24, 2.45) is 0 Å². The van der Waals surface area contributed by atoms with Gasteiger partial charge in [0.05, 0.1) is 7.11 Å². The molecule has 1 saturated heterocycles. The first-order valence-electron chi connectivity index (χ1n) is 7.86. The zero-order valence-corrected chi connectivity index (χ0v) is 14.3. The largest absolute Gasteiger partial charge is 0.497 e. The number of hydrogen-bond acceptors (Lipinski definition) is 5. The van der Waals surface area contributed by atoms with Gasteiger partial charge in [0, 0.05) is 32.4 Å². The maximum absolute atomic E-state index is 11.4. The monoisotopic (exact) mass is 331 g/mol. The summed E-state index contributed by atoms with van der Waals surface area (Å²) >= 11 is 1.70. The molecule has 0 radical (unpaired) electrons. The zero-order valence-electron chi connectivity index (χ0n) is 13.5. The molecule has 6 heteroatoms. The summed E-state index contributed by atoms with van der Waals surface area (Å²) in [7, 11) is 1.67. The van der Waals surface area contributed by atoms with Crippen LogP contribution >= 0.6 is 11.3 Å². The first-order valence-corrected chi connectivity index (χ1v) is 8.68. The molecule has 5 nitrogen and oxygen atoms in total. The second-order valence-electron chi connectivity index (χ2n) is 5.84. The maximum Gasteiger partial charge on any atom is 0.219 e. The van der Waals surface area contributed by atoms with E-state index in [-0.39, 0.29) is 5.91 Å². The molecule has 1 aromatic carbocycles. The third-order valence-corrected chi connectivity index (χ3v) is 5.37. The lowest BCUT2D eigenvalue weighted by atomic mass is 9.98. The molecule has 0 spiro atoms. The normalized spacial score (nSPS) is 15.7. The third-order valence-electron chi connectivity index (χ3n) is 4.29. The van der Waals surface area contributed by atoms with E-state index >= 15 is 0 Å². The molecule has 3 rings (SSSR count). The molecule has 0 N–H and O–H groups in total. The molecule has 0 aliphatic carbocycles. The van der Waals surface area contributed by atoms with Gasteiger partial charge in [0.15, 0.2) is 0 Å². The van der Waals surface area contributed by atoms with Gasteiger partial charge >= 0.3 is 0 Å². The Hall–Kier alpha value is -1.95. The van der Waals surface area contributed by atoms with Crippen molar-refractivity contribution in [3.8, 4) is 5.75 Å². The topological polar surface area (TPSA) is 55.3 Å². The van der Waals surface area contributed by atoms with Crippen LogP contribution in [0.25, 0.3) is 0 Å². The number of rotatable bonds is 4. The molecule has 0 unspecified atom stereocenters. The fourth-order valence-corrected chi connectivity index (χ4v) is 3.91. The molecule has 2 heterocycles. The highest BCUT2D eigenvalue weighted by Gasteiger charge is 2.24. The summed E-state index contributed by atoms with van der Waals surface area (Å²) in [6.45, 7) is 3.29. The lowest BCUT2D eigenvalue weighted by molar-refractivity contribution is -0.129. The number of amides is 1. The lowest BCUT2D eigenvalue weighted by Crippen LogP contribution is -2.36. The average molecular weight is 331 g/mol. The van der Waals surface area contributed by atoms with E-state index in [9.17, 15) is 4.79 Å². The second kappa shape index (κ2) is 7.08. The van der Waals surface area contributed by atoms with Gasteiger partial charge in [-0.2, -0.15) is 0 Å². The molecule has 1 amide bonds. The van der Waals surface area contributed by atoms with Crippen molar-refractivity contribution < 1.29 is 9.53 Å². The van der Waals surface area contributed by atoms with Crippen molar-refractivity contribution in [3.63, 3.8) is 0 Å². The number of benzene rings is 1. The quantitative estimate of drug-likeness (QED) is 0.864. The molecule has 1 aliphatic rings. The van der Waals surface area contributed by atoms with Crippen LogP contribution in [-0.2, 0) is 11.2 Å². The first-order chi connectivity index (χ1) is 11.2.